The number of nitrogens with one attached hydrogen (secondary N) is 2. The smallest absolute Gasteiger partial charge is 0.408 e. The first-order valence-corrected chi connectivity index (χ1v) is 16.4. The minimum atomic E-state index is -0.869. The molecule has 47 heavy (non-hydrogen) atoms. The van der Waals surface area contributed by atoms with Crippen molar-refractivity contribution in [1.82, 2.24) is 10.6 Å². The lowest BCUT2D eigenvalue weighted by Gasteiger charge is -2.26. The van der Waals surface area contributed by atoms with E-state index in [-0.39, 0.29) is 24.1 Å². The number of alkyl carbamates (subject to hydrolysis) is 1. The third-order valence-corrected chi connectivity index (χ3v) is 5.69. The van der Waals surface area contributed by atoms with E-state index in [2.05, 4.69) is 50.2 Å². The van der Waals surface area contributed by atoms with Crippen molar-refractivity contribution >= 4 is 33.9 Å². The molecule has 0 fully saturated rings. The number of ether oxygens (including phenoxy) is 3. The number of rotatable bonds is 9. The zero-order valence-electron chi connectivity index (χ0n) is 29.4. The first-order chi connectivity index (χ1) is 21.9. The third kappa shape index (κ3) is 23.8. The molecule has 3 N–H and O–H groups in total. The fourth-order valence-corrected chi connectivity index (χ4v) is 3.90. The molecular weight excluding hydrogens is 664 g/mol. The number of aromatic hydroxyl groups is 1. The molecule has 0 saturated heterocycles. The van der Waals surface area contributed by atoms with Crippen LogP contribution < -0.4 is 15.4 Å². The molecule has 258 valence electrons. The van der Waals surface area contributed by atoms with Crippen molar-refractivity contribution in [1.29, 1.82) is 0 Å². The maximum absolute atomic E-state index is 12.6. The number of esters is 1. The number of carbonyl (C=O) groups is 3. The van der Waals surface area contributed by atoms with Crippen LogP contribution in [0.4, 0.5) is 4.79 Å². The van der Waals surface area contributed by atoms with Crippen LogP contribution in [0.2, 0.25) is 0 Å². The van der Waals surface area contributed by atoms with Crippen molar-refractivity contribution in [3.05, 3.63) is 59.7 Å². The van der Waals surface area contributed by atoms with Gasteiger partial charge in [0.25, 0.3) is 0 Å². The van der Waals surface area contributed by atoms with Crippen LogP contribution in [0, 0.1) is 23.7 Å². The van der Waals surface area contributed by atoms with Crippen LogP contribution >= 0.6 is 15.9 Å². The first-order valence-electron chi connectivity index (χ1n) is 15.2. The van der Waals surface area contributed by atoms with E-state index in [0.717, 1.165) is 22.9 Å². The van der Waals surface area contributed by atoms with Gasteiger partial charge in [-0.1, -0.05) is 52.0 Å². The van der Waals surface area contributed by atoms with E-state index in [4.69, 9.17) is 19.3 Å². The molecule has 0 bridgehead atoms. The second kappa shape index (κ2) is 22.4. The van der Waals surface area contributed by atoms with Crippen LogP contribution in [0.1, 0.15) is 80.4 Å². The summed E-state index contributed by atoms with van der Waals surface area (Å²) < 4.78 is 16.2. The lowest BCUT2D eigenvalue weighted by atomic mass is 10.1. The summed E-state index contributed by atoms with van der Waals surface area (Å²) in [6.07, 6.45) is 0.379. The van der Waals surface area contributed by atoms with E-state index in [1.807, 2.05) is 38.1 Å². The van der Waals surface area contributed by atoms with Gasteiger partial charge in [-0.05, 0) is 104 Å². The van der Waals surface area contributed by atoms with Gasteiger partial charge >= 0.3 is 12.1 Å². The van der Waals surface area contributed by atoms with Crippen molar-refractivity contribution < 1.29 is 33.7 Å². The van der Waals surface area contributed by atoms with Gasteiger partial charge in [0.1, 0.15) is 35.3 Å². The lowest BCUT2D eigenvalue weighted by Crippen LogP contribution is -2.47. The average Bonchev–Trinajstić information content (AvgIpc) is 2.94. The van der Waals surface area contributed by atoms with E-state index < -0.39 is 29.3 Å². The van der Waals surface area contributed by atoms with E-state index in [0.29, 0.717) is 12.4 Å². The molecule has 0 aromatic heterocycles. The quantitative estimate of drug-likeness (QED) is 0.150. The standard InChI is InChI=1S/C22H31NO5.C11H15NO2.C4H5Br/c1-8-9-14-26-17-12-10-16(11-13-17)15-18(19(24)27-21(2,3)4)23-20(25)28-22(5,6)7;1-8(12-9(2)13)7-10-3-5-11(14)6-4-10;1-2-3-4-5/h10-13,18H,14-15H2,1-7H3,(H,23,25);3-6,8,14H,7H2,1-2H3,(H,12,13);4H2,1H3/t18-;8-;/m01./s1. The topological polar surface area (TPSA) is 123 Å². The molecule has 2 amide bonds. The molecule has 0 saturated carbocycles. The molecule has 0 aliphatic carbocycles. The van der Waals surface area contributed by atoms with Crippen LogP contribution in [0.5, 0.6) is 11.5 Å². The zero-order chi connectivity index (χ0) is 36.0. The molecule has 0 radical (unpaired) electrons. The third-order valence-electron chi connectivity index (χ3n) is 5.40. The molecule has 0 aliphatic heterocycles. The lowest BCUT2D eigenvalue weighted by molar-refractivity contribution is -0.157. The summed E-state index contributed by atoms with van der Waals surface area (Å²) in [4.78, 5) is 35.5. The van der Waals surface area contributed by atoms with Gasteiger partial charge < -0.3 is 30.0 Å². The second-order valence-corrected chi connectivity index (χ2v) is 12.9. The Kier molecular flexibility index (Phi) is 20.4. The van der Waals surface area contributed by atoms with Gasteiger partial charge in [0.15, 0.2) is 0 Å². The number of hydrogen-bond donors (Lipinski definition) is 3. The predicted octanol–water partition coefficient (Wildman–Crippen LogP) is 6.73. The van der Waals surface area contributed by atoms with Gasteiger partial charge in [0.2, 0.25) is 5.91 Å². The molecule has 9 nitrogen and oxygen atoms in total. The SMILES string of the molecule is CC#CCBr.CC#CCOc1ccc(C[C@H](NC(=O)OC(C)(C)C)C(=O)OC(C)(C)C)cc1.CC(=O)N[C@H](C)Cc1ccc(O)cc1. The van der Waals surface area contributed by atoms with Crippen molar-refractivity contribution in [2.45, 2.75) is 105 Å². The Morgan fingerprint density at radius 2 is 1.32 bits per heavy atom. The monoisotopic (exact) mass is 714 g/mol. The van der Waals surface area contributed by atoms with E-state index in [1.165, 1.54) is 6.92 Å². The Morgan fingerprint density at radius 1 is 0.809 bits per heavy atom. The fraction of sp³-hybridized carbons (Fsp3) is 0.486. The first kappa shape index (κ1) is 42.9. The van der Waals surface area contributed by atoms with Crippen LogP contribution in [0.25, 0.3) is 0 Å². The van der Waals surface area contributed by atoms with E-state index in [9.17, 15) is 14.4 Å². The highest BCUT2D eigenvalue weighted by Gasteiger charge is 2.29. The molecule has 10 heteroatoms. The average molecular weight is 716 g/mol. The van der Waals surface area contributed by atoms with Gasteiger partial charge in [0.05, 0.1) is 5.33 Å². The number of alkyl halides is 1. The summed E-state index contributed by atoms with van der Waals surface area (Å²) in [6, 6.07) is 13.5. The number of amides is 2. The van der Waals surface area contributed by atoms with Crippen molar-refractivity contribution in [2.24, 2.45) is 0 Å². The van der Waals surface area contributed by atoms with Crippen LogP contribution in [0.15, 0.2) is 48.5 Å². The minimum Gasteiger partial charge on any atom is -0.508 e. The summed E-state index contributed by atoms with van der Waals surface area (Å²) >= 11 is 3.14. The maximum Gasteiger partial charge on any atom is 0.408 e. The molecular formula is C37H51BrN2O7. The Bertz CT molecular complexity index is 1350. The molecule has 2 rings (SSSR count). The normalized spacial score (nSPS) is 11.5. The van der Waals surface area contributed by atoms with Crippen LogP contribution in [0.3, 0.4) is 0 Å². The zero-order valence-corrected chi connectivity index (χ0v) is 31.0. The fourth-order valence-electron chi connectivity index (χ4n) is 3.62. The summed E-state index contributed by atoms with van der Waals surface area (Å²) in [5.74, 6) is 11.5. The Labute approximate surface area is 289 Å². The molecule has 0 spiro atoms. The number of hydrogen-bond acceptors (Lipinski definition) is 7. The number of phenolic OH excluding ortho intramolecular Hbond substituents is 1. The number of phenols is 1. The molecule has 2 atom stereocenters. The number of halogens is 1. The summed E-state index contributed by atoms with van der Waals surface area (Å²) in [5, 5.41) is 15.3. The summed E-state index contributed by atoms with van der Waals surface area (Å²) in [5.41, 5.74) is 0.621. The molecule has 0 unspecified atom stereocenters. The van der Waals surface area contributed by atoms with Gasteiger partial charge in [-0.15, -0.1) is 11.8 Å². The Hall–Kier alpha value is -4.15. The highest BCUT2D eigenvalue weighted by atomic mass is 79.9. The summed E-state index contributed by atoms with van der Waals surface area (Å²) in [6.45, 7) is 18.0. The summed E-state index contributed by atoms with van der Waals surface area (Å²) in [7, 11) is 0. The largest absolute Gasteiger partial charge is 0.508 e. The van der Waals surface area contributed by atoms with Gasteiger partial charge in [0, 0.05) is 19.4 Å². The van der Waals surface area contributed by atoms with Gasteiger partial charge in [-0.3, -0.25) is 4.79 Å². The molecule has 0 aliphatic rings. The van der Waals surface area contributed by atoms with Crippen molar-refractivity contribution in [2.75, 3.05) is 11.9 Å². The molecule has 0 heterocycles. The number of carbonyl (C=O) groups excluding carboxylic acids is 3. The molecule has 2 aromatic carbocycles. The highest BCUT2D eigenvalue weighted by molar-refractivity contribution is 9.09. The van der Waals surface area contributed by atoms with Crippen molar-refractivity contribution in [3.8, 4) is 35.2 Å². The predicted molar refractivity (Wildman–Crippen MR) is 190 cm³/mol. The number of benzene rings is 2. The second-order valence-electron chi connectivity index (χ2n) is 12.3. The van der Waals surface area contributed by atoms with Crippen molar-refractivity contribution in [3.63, 3.8) is 0 Å². The highest BCUT2D eigenvalue weighted by Crippen LogP contribution is 2.16. The maximum atomic E-state index is 12.6. The Balaban J connectivity index is 0.000000917. The van der Waals surface area contributed by atoms with Crippen LogP contribution in [-0.2, 0) is 31.9 Å². The van der Waals surface area contributed by atoms with E-state index in [1.54, 1.807) is 72.7 Å². The molecule has 2 aromatic rings. The minimum absolute atomic E-state index is 0.0173. The van der Waals surface area contributed by atoms with Gasteiger partial charge in [-0.2, -0.15) is 0 Å². The van der Waals surface area contributed by atoms with Crippen LogP contribution in [-0.4, -0.2) is 58.3 Å². The Morgan fingerprint density at radius 3 is 1.77 bits per heavy atom. The van der Waals surface area contributed by atoms with E-state index >= 15 is 0 Å². The van der Waals surface area contributed by atoms with Gasteiger partial charge in [-0.25, -0.2) is 9.59 Å².